The smallest absolute Gasteiger partial charge is 0.273 e. The molecule has 7 heteroatoms. The van der Waals surface area contributed by atoms with Crippen molar-refractivity contribution in [2.45, 2.75) is 20.0 Å². The Bertz CT molecular complexity index is 1230. The Morgan fingerprint density at radius 3 is 2.70 bits per heavy atom. The van der Waals surface area contributed by atoms with Crippen molar-refractivity contribution in [2.24, 2.45) is 0 Å². The Morgan fingerprint density at radius 1 is 1.15 bits per heavy atom. The SMILES string of the molecule is Cc1cc(=O)nc2c3ccccc3n(CC(=O)NCc3ccccc3Br)n12. The summed E-state index contributed by atoms with van der Waals surface area (Å²) in [4.78, 5) is 28.6. The van der Waals surface area contributed by atoms with Crippen molar-refractivity contribution in [3.8, 4) is 0 Å². The molecule has 0 unspecified atom stereocenters. The van der Waals surface area contributed by atoms with Gasteiger partial charge in [0.1, 0.15) is 6.54 Å². The van der Waals surface area contributed by atoms with Crippen molar-refractivity contribution in [3.63, 3.8) is 0 Å². The van der Waals surface area contributed by atoms with Crippen molar-refractivity contribution in [1.29, 1.82) is 0 Å². The predicted molar refractivity (Wildman–Crippen MR) is 108 cm³/mol. The van der Waals surface area contributed by atoms with Crippen LogP contribution in [0.25, 0.3) is 16.6 Å². The molecule has 27 heavy (non-hydrogen) atoms. The molecule has 4 rings (SSSR count). The Kier molecular flexibility index (Phi) is 4.53. The molecule has 0 saturated heterocycles. The number of carbonyl (C=O) groups excluding carboxylic acids is 1. The number of nitrogens with zero attached hydrogens (tertiary/aromatic N) is 3. The Hall–Kier alpha value is -2.93. The first-order valence-corrected chi connectivity index (χ1v) is 9.32. The number of nitrogens with one attached hydrogen (secondary N) is 1. The fourth-order valence-corrected chi connectivity index (χ4v) is 3.67. The Balaban J connectivity index is 1.69. The van der Waals surface area contributed by atoms with E-state index in [-0.39, 0.29) is 18.0 Å². The minimum absolute atomic E-state index is 0.119. The van der Waals surface area contributed by atoms with Crippen LogP contribution < -0.4 is 10.9 Å². The molecule has 0 aliphatic heterocycles. The normalized spacial score (nSPS) is 11.2. The molecule has 0 aliphatic rings. The zero-order valence-electron chi connectivity index (χ0n) is 14.6. The van der Waals surface area contributed by atoms with E-state index in [0.717, 1.165) is 26.6 Å². The predicted octanol–water partition coefficient (Wildman–Crippen LogP) is 3.04. The van der Waals surface area contributed by atoms with Gasteiger partial charge in [-0.05, 0) is 30.7 Å². The summed E-state index contributed by atoms with van der Waals surface area (Å²) in [5, 5.41) is 3.80. The van der Waals surface area contributed by atoms with Crippen molar-refractivity contribution < 1.29 is 4.79 Å². The van der Waals surface area contributed by atoms with Gasteiger partial charge in [0.15, 0.2) is 5.65 Å². The fourth-order valence-electron chi connectivity index (χ4n) is 3.25. The summed E-state index contributed by atoms with van der Waals surface area (Å²) >= 11 is 3.49. The number of amides is 1. The number of hydrogen-bond acceptors (Lipinski definition) is 3. The number of para-hydroxylation sites is 1. The van der Waals surface area contributed by atoms with E-state index in [2.05, 4.69) is 26.2 Å². The van der Waals surface area contributed by atoms with Crippen LogP contribution in [0.15, 0.2) is 63.9 Å². The first-order chi connectivity index (χ1) is 13.0. The van der Waals surface area contributed by atoms with Gasteiger partial charge in [0.05, 0.1) is 5.52 Å². The van der Waals surface area contributed by atoms with Gasteiger partial charge >= 0.3 is 0 Å². The van der Waals surface area contributed by atoms with Crippen molar-refractivity contribution in [3.05, 3.63) is 80.7 Å². The third kappa shape index (κ3) is 3.26. The van der Waals surface area contributed by atoms with E-state index in [1.54, 1.807) is 0 Å². The lowest BCUT2D eigenvalue weighted by atomic mass is 10.2. The number of rotatable bonds is 4. The molecule has 136 valence electrons. The summed E-state index contributed by atoms with van der Waals surface area (Å²) in [6.45, 7) is 2.40. The standard InChI is InChI=1S/C20H17BrN4O2/c1-13-10-18(26)23-20-15-7-3-5-9-17(15)24(25(13)20)12-19(27)22-11-14-6-2-4-8-16(14)21/h2-10H,11-12H2,1H3,(H,22,27). The number of aromatic nitrogens is 3. The highest BCUT2D eigenvalue weighted by Gasteiger charge is 2.15. The van der Waals surface area contributed by atoms with Gasteiger partial charge in [0.2, 0.25) is 5.91 Å². The molecule has 0 bridgehead atoms. The van der Waals surface area contributed by atoms with E-state index in [0.29, 0.717) is 12.2 Å². The van der Waals surface area contributed by atoms with E-state index in [4.69, 9.17) is 0 Å². The molecule has 2 aromatic carbocycles. The van der Waals surface area contributed by atoms with Gasteiger partial charge in [0.25, 0.3) is 5.56 Å². The minimum atomic E-state index is -0.284. The van der Waals surface area contributed by atoms with Crippen LogP contribution in [0.3, 0.4) is 0 Å². The molecule has 0 atom stereocenters. The van der Waals surface area contributed by atoms with Crippen LogP contribution in [0.1, 0.15) is 11.3 Å². The summed E-state index contributed by atoms with van der Waals surface area (Å²) in [5.41, 5.74) is 2.88. The number of aryl methyl sites for hydroxylation is 1. The van der Waals surface area contributed by atoms with Crippen LogP contribution in [0, 0.1) is 6.92 Å². The van der Waals surface area contributed by atoms with E-state index in [9.17, 15) is 9.59 Å². The molecule has 4 aromatic rings. The van der Waals surface area contributed by atoms with Crippen molar-refractivity contribution >= 4 is 38.4 Å². The van der Waals surface area contributed by atoms with Gasteiger partial charge in [-0.2, -0.15) is 4.98 Å². The summed E-state index contributed by atoms with van der Waals surface area (Å²) < 4.78 is 4.63. The van der Waals surface area contributed by atoms with Crippen LogP contribution in [0.5, 0.6) is 0 Å². The van der Waals surface area contributed by atoms with Gasteiger partial charge in [-0.1, -0.05) is 46.3 Å². The second-order valence-corrected chi connectivity index (χ2v) is 7.17. The quantitative estimate of drug-likeness (QED) is 0.547. The van der Waals surface area contributed by atoms with Crippen LogP contribution in [0.2, 0.25) is 0 Å². The second-order valence-electron chi connectivity index (χ2n) is 6.31. The Morgan fingerprint density at radius 2 is 1.89 bits per heavy atom. The first-order valence-electron chi connectivity index (χ1n) is 8.52. The number of halogens is 1. The molecule has 6 nitrogen and oxygen atoms in total. The van der Waals surface area contributed by atoms with Crippen LogP contribution >= 0.6 is 15.9 Å². The maximum absolute atomic E-state index is 12.6. The molecule has 0 radical (unpaired) electrons. The van der Waals surface area contributed by atoms with Crippen LogP contribution in [0.4, 0.5) is 0 Å². The Labute approximate surface area is 163 Å². The molecule has 0 saturated carbocycles. The lowest BCUT2D eigenvalue weighted by Crippen LogP contribution is -2.29. The van der Waals surface area contributed by atoms with E-state index < -0.39 is 0 Å². The summed E-state index contributed by atoms with van der Waals surface area (Å²) in [6, 6.07) is 16.9. The van der Waals surface area contributed by atoms with Gasteiger partial charge in [0, 0.05) is 28.2 Å². The highest BCUT2D eigenvalue weighted by Crippen LogP contribution is 2.21. The summed E-state index contributed by atoms with van der Waals surface area (Å²) in [7, 11) is 0. The third-order valence-electron chi connectivity index (χ3n) is 4.47. The average molecular weight is 425 g/mol. The molecular weight excluding hydrogens is 408 g/mol. The van der Waals surface area contributed by atoms with Gasteiger partial charge in [-0.15, -0.1) is 0 Å². The second kappa shape index (κ2) is 7.00. The number of carbonyl (C=O) groups is 1. The van der Waals surface area contributed by atoms with Crippen molar-refractivity contribution in [1.82, 2.24) is 19.5 Å². The minimum Gasteiger partial charge on any atom is -0.350 e. The molecule has 2 heterocycles. The van der Waals surface area contributed by atoms with E-state index >= 15 is 0 Å². The molecule has 0 aliphatic carbocycles. The molecule has 1 N–H and O–H groups in total. The fraction of sp³-hybridized carbons (Fsp3) is 0.150. The van der Waals surface area contributed by atoms with Crippen LogP contribution in [-0.4, -0.2) is 20.1 Å². The molecule has 2 aromatic heterocycles. The maximum atomic E-state index is 12.6. The molecule has 0 fully saturated rings. The zero-order valence-corrected chi connectivity index (χ0v) is 16.2. The molecular formula is C20H17BrN4O2. The summed E-state index contributed by atoms with van der Waals surface area (Å²) in [6.07, 6.45) is 0. The lowest BCUT2D eigenvalue weighted by molar-refractivity contribution is -0.122. The largest absolute Gasteiger partial charge is 0.350 e. The zero-order chi connectivity index (χ0) is 19.0. The van der Waals surface area contributed by atoms with Gasteiger partial charge in [-0.3, -0.25) is 14.3 Å². The average Bonchev–Trinajstić information content (AvgIpc) is 2.95. The highest BCUT2D eigenvalue weighted by atomic mass is 79.9. The van der Waals surface area contributed by atoms with Gasteiger partial charge < -0.3 is 5.32 Å². The maximum Gasteiger partial charge on any atom is 0.273 e. The third-order valence-corrected chi connectivity index (χ3v) is 5.25. The summed E-state index contributed by atoms with van der Waals surface area (Å²) in [5.74, 6) is -0.119. The monoisotopic (exact) mass is 424 g/mol. The topological polar surface area (TPSA) is 68.4 Å². The number of hydrogen-bond donors (Lipinski definition) is 1. The van der Waals surface area contributed by atoms with Crippen LogP contribution in [-0.2, 0) is 17.9 Å². The number of benzene rings is 2. The molecule has 0 spiro atoms. The van der Waals surface area contributed by atoms with E-state index in [1.807, 2.05) is 64.7 Å². The van der Waals surface area contributed by atoms with Crippen molar-refractivity contribution in [2.75, 3.05) is 0 Å². The van der Waals surface area contributed by atoms with Gasteiger partial charge in [-0.25, -0.2) is 4.52 Å². The highest BCUT2D eigenvalue weighted by molar-refractivity contribution is 9.10. The molecule has 1 amide bonds. The van der Waals surface area contributed by atoms with E-state index in [1.165, 1.54) is 6.07 Å². The first kappa shape index (κ1) is 17.5. The number of fused-ring (bicyclic) bond motifs is 3. The lowest BCUT2D eigenvalue weighted by Gasteiger charge is -2.11.